The molecule has 0 saturated heterocycles. The van der Waals surface area contributed by atoms with Crippen molar-refractivity contribution < 1.29 is 4.74 Å². The molecule has 1 aromatic heterocycles. The van der Waals surface area contributed by atoms with E-state index in [2.05, 4.69) is 22.2 Å². The van der Waals surface area contributed by atoms with Crippen LogP contribution in [-0.4, -0.2) is 30.2 Å². The molecule has 1 N–H and O–H groups in total. The predicted octanol–water partition coefficient (Wildman–Crippen LogP) is 2.53. The highest BCUT2D eigenvalue weighted by atomic mass is 35.5. The standard InChI is InChI=1S/C11H18ClN3O/c1-3-5-9-8-10(12)15-11(14-9)13-6-4-7-16-2/h8H,3-7H2,1-2H3,(H,13,14,15). The second-order valence-electron chi connectivity index (χ2n) is 3.53. The average Bonchev–Trinajstić information content (AvgIpc) is 2.24. The molecule has 1 aromatic rings. The van der Waals surface area contributed by atoms with E-state index < -0.39 is 0 Å². The van der Waals surface area contributed by atoms with Gasteiger partial charge in [0.25, 0.3) is 0 Å². The van der Waals surface area contributed by atoms with Gasteiger partial charge in [0.2, 0.25) is 5.95 Å². The number of halogens is 1. The quantitative estimate of drug-likeness (QED) is 0.591. The molecule has 0 fully saturated rings. The van der Waals surface area contributed by atoms with E-state index in [9.17, 15) is 0 Å². The number of hydrogen-bond acceptors (Lipinski definition) is 4. The summed E-state index contributed by atoms with van der Waals surface area (Å²) >= 11 is 5.91. The van der Waals surface area contributed by atoms with Crippen LogP contribution in [0.1, 0.15) is 25.5 Å². The number of aryl methyl sites for hydroxylation is 1. The molecule has 16 heavy (non-hydrogen) atoms. The molecule has 0 bridgehead atoms. The Balaban J connectivity index is 2.51. The van der Waals surface area contributed by atoms with Gasteiger partial charge in [0.15, 0.2) is 0 Å². The summed E-state index contributed by atoms with van der Waals surface area (Å²) in [5.41, 5.74) is 0.983. The molecule has 0 aliphatic heterocycles. The van der Waals surface area contributed by atoms with Crippen LogP contribution in [0, 0.1) is 0 Å². The summed E-state index contributed by atoms with van der Waals surface area (Å²) in [6.45, 7) is 3.64. The summed E-state index contributed by atoms with van der Waals surface area (Å²) in [6, 6.07) is 1.81. The maximum absolute atomic E-state index is 5.91. The van der Waals surface area contributed by atoms with Gasteiger partial charge in [0, 0.05) is 26.0 Å². The molecule has 0 aliphatic carbocycles. The first kappa shape index (κ1) is 13.2. The highest BCUT2D eigenvalue weighted by molar-refractivity contribution is 6.29. The zero-order chi connectivity index (χ0) is 11.8. The molecule has 0 radical (unpaired) electrons. The van der Waals surface area contributed by atoms with E-state index in [-0.39, 0.29) is 0 Å². The Kier molecular flexibility index (Phi) is 6.11. The Labute approximate surface area is 101 Å². The molecule has 0 amide bonds. The van der Waals surface area contributed by atoms with E-state index in [1.54, 1.807) is 7.11 Å². The van der Waals surface area contributed by atoms with Crippen molar-refractivity contribution >= 4 is 17.5 Å². The Morgan fingerprint density at radius 1 is 1.44 bits per heavy atom. The van der Waals surface area contributed by atoms with Crippen molar-refractivity contribution in [2.45, 2.75) is 26.2 Å². The second-order valence-corrected chi connectivity index (χ2v) is 3.92. The molecule has 0 atom stereocenters. The van der Waals surface area contributed by atoms with Gasteiger partial charge in [-0.2, -0.15) is 0 Å². The molecule has 0 aliphatic rings. The minimum absolute atomic E-state index is 0.493. The van der Waals surface area contributed by atoms with Crippen LogP contribution in [0.15, 0.2) is 6.07 Å². The maximum Gasteiger partial charge on any atom is 0.224 e. The SMILES string of the molecule is CCCc1cc(Cl)nc(NCCCOC)n1. The van der Waals surface area contributed by atoms with Gasteiger partial charge in [-0.15, -0.1) is 0 Å². The molecule has 4 nitrogen and oxygen atoms in total. The Morgan fingerprint density at radius 2 is 2.25 bits per heavy atom. The Hall–Kier alpha value is -0.870. The van der Waals surface area contributed by atoms with Crippen LogP contribution in [0.5, 0.6) is 0 Å². The summed E-state index contributed by atoms with van der Waals surface area (Å²) in [6.07, 6.45) is 2.90. The number of nitrogens with zero attached hydrogens (tertiary/aromatic N) is 2. The van der Waals surface area contributed by atoms with Crippen molar-refractivity contribution in [2.24, 2.45) is 0 Å². The predicted molar refractivity (Wildman–Crippen MR) is 66.0 cm³/mol. The molecular formula is C11H18ClN3O. The Bertz CT molecular complexity index is 320. The van der Waals surface area contributed by atoms with Crippen molar-refractivity contribution in [3.05, 3.63) is 16.9 Å². The number of anilines is 1. The van der Waals surface area contributed by atoms with Gasteiger partial charge in [-0.1, -0.05) is 24.9 Å². The minimum Gasteiger partial charge on any atom is -0.385 e. The van der Waals surface area contributed by atoms with E-state index in [4.69, 9.17) is 16.3 Å². The van der Waals surface area contributed by atoms with E-state index >= 15 is 0 Å². The van der Waals surface area contributed by atoms with Crippen molar-refractivity contribution in [3.8, 4) is 0 Å². The van der Waals surface area contributed by atoms with Gasteiger partial charge >= 0.3 is 0 Å². The summed E-state index contributed by atoms with van der Waals surface area (Å²) in [7, 11) is 1.69. The maximum atomic E-state index is 5.91. The van der Waals surface area contributed by atoms with Gasteiger partial charge in [0.1, 0.15) is 5.15 Å². The van der Waals surface area contributed by atoms with E-state index in [0.717, 1.165) is 38.1 Å². The molecule has 5 heteroatoms. The van der Waals surface area contributed by atoms with Crippen LogP contribution in [0.25, 0.3) is 0 Å². The number of hydrogen-bond donors (Lipinski definition) is 1. The number of aromatic nitrogens is 2. The second kappa shape index (κ2) is 7.41. The van der Waals surface area contributed by atoms with Crippen LogP contribution in [0.4, 0.5) is 5.95 Å². The van der Waals surface area contributed by atoms with Crippen molar-refractivity contribution in [1.82, 2.24) is 9.97 Å². The first-order valence-corrected chi connectivity index (χ1v) is 5.90. The number of methoxy groups -OCH3 is 1. The van der Waals surface area contributed by atoms with Gasteiger partial charge in [-0.3, -0.25) is 0 Å². The normalized spacial score (nSPS) is 10.4. The highest BCUT2D eigenvalue weighted by Gasteiger charge is 2.02. The van der Waals surface area contributed by atoms with Crippen LogP contribution >= 0.6 is 11.6 Å². The molecule has 0 spiro atoms. The fraction of sp³-hybridized carbons (Fsp3) is 0.636. The Morgan fingerprint density at radius 3 is 2.94 bits per heavy atom. The van der Waals surface area contributed by atoms with Gasteiger partial charge < -0.3 is 10.1 Å². The van der Waals surface area contributed by atoms with Crippen molar-refractivity contribution in [3.63, 3.8) is 0 Å². The lowest BCUT2D eigenvalue weighted by Gasteiger charge is -2.06. The van der Waals surface area contributed by atoms with Gasteiger partial charge in [-0.25, -0.2) is 9.97 Å². The third-order valence-corrected chi connectivity index (χ3v) is 2.26. The molecular weight excluding hydrogens is 226 g/mol. The first-order valence-electron chi connectivity index (χ1n) is 5.52. The third-order valence-electron chi connectivity index (χ3n) is 2.06. The molecule has 0 unspecified atom stereocenters. The first-order chi connectivity index (χ1) is 7.76. The summed E-state index contributed by atoms with van der Waals surface area (Å²) < 4.78 is 4.96. The molecule has 1 rings (SSSR count). The monoisotopic (exact) mass is 243 g/mol. The largest absolute Gasteiger partial charge is 0.385 e. The fourth-order valence-corrected chi connectivity index (χ4v) is 1.55. The zero-order valence-corrected chi connectivity index (χ0v) is 10.5. The van der Waals surface area contributed by atoms with Crippen molar-refractivity contribution in [1.29, 1.82) is 0 Å². The minimum atomic E-state index is 0.493. The van der Waals surface area contributed by atoms with Crippen LogP contribution in [-0.2, 0) is 11.2 Å². The summed E-state index contributed by atoms with van der Waals surface area (Å²) in [5.74, 6) is 0.604. The lowest BCUT2D eigenvalue weighted by atomic mass is 10.2. The van der Waals surface area contributed by atoms with E-state index in [1.807, 2.05) is 6.07 Å². The third kappa shape index (κ3) is 4.77. The summed E-state index contributed by atoms with van der Waals surface area (Å²) in [5, 5.41) is 3.63. The van der Waals surface area contributed by atoms with Crippen LogP contribution < -0.4 is 5.32 Å². The van der Waals surface area contributed by atoms with E-state index in [1.165, 1.54) is 0 Å². The number of ether oxygens (including phenoxy) is 1. The fourth-order valence-electron chi connectivity index (χ4n) is 1.34. The van der Waals surface area contributed by atoms with Crippen LogP contribution in [0.2, 0.25) is 5.15 Å². The molecule has 1 heterocycles. The molecule has 90 valence electrons. The lowest BCUT2D eigenvalue weighted by Crippen LogP contribution is -2.08. The molecule has 0 aromatic carbocycles. The van der Waals surface area contributed by atoms with Crippen LogP contribution in [0.3, 0.4) is 0 Å². The zero-order valence-electron chi connectivity index (χ0n) is 9.79. The smallest absolute Gasteiger partial charge is 0.224 e. The average molecular weight is 244 g/mol. The van der Waals surface area contributed by atoms with Gasteiger partial charge in [-0.05, 0) is 18.9 Å². The summed E-state index contributed by atoms with van der Waals surface area (Å²) in [4.78, 5) is 8.49. The highest BCUT2D eigenvalue weighted by Crippen LogP contribution is 2.11. The lowest BCUT2D eigenvalue weighted by molar-refractivity contribution is 0.197. The number of rotatable bonds is 7. The van der Waals surface area contributed by atoms with Crippen molar-refractivity contribution in [2.75, 3.05) is 25.6 Å². The molecule has 0 saturated carbocycles. The number of nitrogens with one attached hydrogen (secondary N) is 1. The van der Waals surface area contributed by atoms with Gasteiger partial charge in [0.05, 0.1) is 0 Å². The van der Waals surface area contributed by atoms with E-state index in [0.29, 0.717) is 11.1 Å². The topological polar surface area (TPSA) is 47.0 Å².